The Kier molecular flexibility index (Phi) is 7.73. The SMILES string of the molecule is CC(C)CN(CCC(O)c1ccc(C(C)(C)C)cc1)Cc1ccc(F)c(F)c1. The van der Waals surface area contributed by atoms with Gasteiger partial charge in [0.25, 0.3) is 0 Å². The molecule has 0 heterocycles. The molecule has 2 rings (SSSR count). The van der Waals surface area contributed by atoms with Gasteiger partial charge in [0.15, 0.2) is 11.6 Å². The molecule has 0 amide bonds. The molecule has 154 valence electrons. The van der Waals surface area contributed by atoms with Crippen LogP contribution in [0, 0.1) is 17.6 Å². The molecule has 0 aliphatic heterocycles. The molecular formula is C24H33F2NO. The van der Waals surface area contributed by atoms with Crippen LogP contribution in [0.25, 0.3) is 0 Å². The Morgan fingerprint density at radius 2 is 1.61 bits per heavy atom. The Balaban J connectivity index is 2.00. The Bertz CT molecular complexity index is 750. The molecule has 4 heteroatoms. The summed E-state index contributed by atoms with van der Waals surface area (Å²) >= 11 is 0. The number of aliphatic hydroxyl groups excluding tert-OH is 1. The fraction of sp³-hybridized carbons (Fsp3) is 0.500. The van der Waals surface area contributed by atoms with Gasteiger partial charge in [-0.2, -0.15) is 0 Å². The molecule has 1 N–H and O–H groups in total. The Labute approximate surface area is 168 Å². The predicted molar refractivity (Wildman–Crippen MR) is 111 cm³/mol. The zero-order valence-corrected chi connectivity index (χ0v) is 17.7. The highest BCUT2D eigenvalue weighted by atomic mass is 19.2. The highest BCUT2D eigenvalue weighted by molar-refractivity contribution is 5.28. The number of halogens is 2. The fourth-order valence-corrected chi connectivity index (χ4v) is 3.32. The Hall–Kier alpha value is -1.78. The highest BCUT2D eigenvalue weighted by Gasteiger charge is 2.16. The van der Waals surface area contributed by atoms with Crippen LogP contribution >= 0.6 is 0 Å². The minimum atomic E-state index is -0.826. The second kappa shape index (κ2) is 9.62. The summed E-state index contributed by atoms with van der Waals surface area (Å²) in [5.74, 6) is -1.21. The van der Waals surface area contributed by atoms with Crippen molar-refractivity contribution in [2.45, 2.75) is 59.1 Å². The molecule has 0 saturated carbocycles. The molecule has 1 unspecified atom stereocenters. The summed E-state index contributed by atoms with van der Waals surface area (Å²) in [6, 6.07) is 12.2. The van der Waals surface area contributed by atoms with Gasteiger partial charge >= 0.3 is 0 Å². The molecule has 2 nitrogen and oxygen atoms in total. The number of benzene rings is 2. The lowest BCUT2D eigenvalue weighted by atomic mass is 9.86. The number of rotatable bonds is 8. The molecule has 2 aromatic rings. The molecule has 0 aliphatic carbocycles. The highest BCUT2D eigenvalue weighted by Crippen LogP contribution is 2.25. The molecule has 1 atom stereocenters. The van der Waals surface area contributed by atoms with E-state index in [-0.39, 0.29) is 5.41 Å². The minimum absolute atomic E-state index is 0.0853. The van der Waals surface area contributed by atoms with Crippen molar-refractivity contribution in [3.05, 3.63) is 70.8 Å². The maximum atomic E-state index is 13.5. The van der Waals surface area contributed by atoms with Crippen LogP contribution in [0.3, 0.4) is 0 Å². The molecule has 0 fully saturated rings. The van der Waals surface area contributed by atoms with E-state index in [1.807, 2.05) is 12.1 Å². The second-order valence-electron chi connectivity index (χ2n) is 9.05. The first-order valence-corrected chi connectivity index (χ1v) is 10.0. The van der Waals surface area contributed by atoms with Crippen molar-refractivity contribution in [1.29, 1.82) is 0 Å². The van der Waals surface area contributed by atoms with Gasteiger partial charge in [-0.15, -0.1) is 0 Å². The normalized spacial score (nSPS) is 13.4. The third-order valence-electron chi connectivity index (χ3n) is 4.89. The predicted octanol–water partition coefficient (Wildman–Crippen LogP) is 5.84. The average molecular weight is 390 g/mol. The molecule has 0 saturated heterocycles. The van der Waals surface area contributed by atoms with E-state index in [0.717, 1.165) is 17.7 Å². The van der Waals surface area contributed by atoms with Crippen LogP contribution in [-0.4, -0.2) is 23.1 Å². The van der Waals surface area contributed by atoms with Crippen molar-refractivity contribution in [2.75, 3.05) is 13.1 Å². The molecule has 2 aromatic carbocycles. The van der Waals surface area contributed by atoms with Crippen LogP contribution in [0.5, 0.6) is 0 Å². The van der Waals surface area contributed by atoms with Crippen LogP contribution < -0.4 is 0 Å². The molecule has 0 aromatic heterocycles. The number of aliphatic hydroxyl groups is 1. The first-order chi connectivity index (χ1) is 13.1. The maximum Gasteiger partial charge on any atom is 0.159 e. The number of nitrogens with zero attached hydrogens (tertiary/aromatic N) is 1. The van der Waals surface area contributed by atoms with Crippen LogP contribution in [0.4, 0.5) is 8.78 Å². The van der Waals surface area contributed by atoms with Gasteiger partial charge in [-0.3, -0.25) is 4.90 Å². The summed E-state index contributed by atoms with van der Waals surface area (Å²) < 4.78 is 26.7. The summed E-state index contributed by atoms with van der Waals surface area (Å²) in [5.41, 5.74) is 2.97. The second-order valence-corrected chi connectivity index (χ2v) is 9.05. The van der Waals surface area contributed by atoms with Gasteiger partial charge in [-0.05, 0) is 46.6 Å². The van der Waals surface area contributed by atoms with E-state index in [9.17, 15) is 13.9 Å². The summed E-state index contributed by atoms with van der Waals surface area (Å²) in [6.07, 6.45) is 0.0410. The van der Waals surface area contributed by atoms with Crippen LogP contribution in [0.1, 0.15) is 63.8 Å². The molecule has 0 bridgehead atoms. The van der Waals surface area contributed by atoms with Gasteiger partial charge in [0.2, 0.25) is 0 Å². The van der Waals surface area contributed by atoms with Gasteiger partial charge in [0.1, 0.15) is 0 Å². The van der Waals surface area contributed by atoms with E-state index in [2.05, 4.69) is 51.7 Å². The van der Waals surface area contributed by atoms with Gasteiger partial charge in [0.05, 0.1) is 6.10 Å². The van der Waals surface area contributed by atoms with Gasteiger partial charge < -0.3 is 5.11 Å². The lowest BCUT2D eigenvalue weighted by Crippen LogP contribution is -2.29. The van der Waals surface area contributed by atoms with Crippen LogP contribution in [0.2, 0.25) is 0 Å². The molecule has 0 aliphatic rings. The standard InChI is InChI=1S/C24H33F2NO/c1-17(2)15-27(16-18-6-11-21(25)22(26)14-18)13-12-23(28)19-7-9-20(10-8-19)24(3,4)5/h6-11,14,17,23,28H,12-13,15-16H2,1-5H3. The van der Waals surface area contributed by atoms with E-state index in [4.69, 9.17) is 0 Å². The van der Waals surface area contributed by atoms with E-state index in [0.29, 0.717) is 25.4 Å². The summed E-state index contributed by atoms with van der Waals surface area (Å²) in [5, 5.41) is 10.6. The number of hydrogen-bond acceptors (Lipinski definition) is 2. The third kappa shape index (κ3) is 6.68. The van der Waals surface area contributed by atoms with E-state index in [1.54, 1.807) is 6.07 Å². The lowest BCUT2D eigenvalue weighted by molar-refractivity contribution is 0.134. The first kappa shape index (κ1) is 22.5. The largest absolute Gasteiger partial charge is 0.388 e. The van der Waals surface area contributed by atoms with Crippen molar-refractivity contribution in [1.82, 2.24) is 4.90 Å². The van der Waals surface area contributed by atoms with Gasteiger partial charge in [-0.25, -0.2) is 8.78 Å². The van der Waals surface area contributed by atoms with Crippen molar-refractivity contribution < 1.29 is 13.9 Å². The molecule has 0 spiro atoms. The van der Waals surface area contributed by atoms with Crippen LogP contribution in [0.15, 0.2) is 42.5 Å². The van der Waals surface area contributed by atoms with Crippen molar-refractivity contribution in [3.8, 4) is 0 Å². The fourth-order valence-electron chi connectivity index (χ4n) is 3.32. The quantitative estimate of drug-likeness (QED) is 0.613. The minimum Gasteiger partial charge on any atom is -0.388 e. The van der Waals surface area contributed by atoms with Crippen molar-refractivity contribution >= 4 is 0 Å². The molecule has 28 heavy (non-hydrogen) atoms. The summed E-state index contributed by atoms with van der Waals surface area (Å²) in [6.45, 7) is 12.8. The Morgan fingerprint density at radius 3 is 2.14 bits per heavy atom. The van der Waals surface area contributed by atoms with E-state index in [1.165, 1.54) is 17.7 Å². The van der Waals surface area contributed by atoms with Gasteiger partial charge in [0, 0.05) is 19.6 Å². The molecular weight excluding hydrogens is 356 g/mol. The maximum absolute atomic E-state index is 13.5. The van der Waals surface area contributed by atoms with Gasteiger partial charge in [-0.1, -0.05) is 65.0 Å². The molecule has 0 radical (unpaired) electrons. The van der Waals surface area contributed by atoms with Crippen LogP contribution in [-0.2, 0) is 12.0 Å². The third-order valence-corrected chi connectivity index (χ3v) is 4.89. The summed E-state index contributed by atoms with van der Waals surface area (Å²) in [4.78, 5) is 2.18. The van der Waals surface area contributed by atoms with E-state index < -0.39 is 17.7 Å². The Morgan fingerprint density at radius 1 is 0.964 bits per heavy atom. The zero-order chi connectivity index (χ0) is 20.9. The van der Waals surface area contributed by atoms with Crippen molar-refractivity contribution in [3.63, 3.8) is 0 Å². The van der Waals surface area contributed by atoms with Crippen molar-refractivity contribution in [2.24, 2.45) is 5.92 Å². The smallest absolute Gasteiger partial charge is 0.159 e. The summed E-state index contributed by atoms with van der Waals surface area (Å²) in [7, 11) is 0. The van der Waals surface area contributed by atoms with E-state index >= 15 is 0 Å². The monoisotopic (exact) mass is 389 g/mol. The zero-order valence-electron chi connectivity index (χ0n) is 17.7. The average Bonchev–Trinajstić information content (AvgIpc) is 2.61. The lowest BCUT2D eigenvalue weighted by Gasteiger charge is -2.26. The number of hydrogen-bond donors (Lipinski definition) is 1. The first-order valence-electron chi connectivity index (χ1n) is 10.0. The topological polar surface area (TPSA) is 23.5 Å².